The summed E-state index contributed by atoms with van der Waals surface area (Å²) in [7, 11) is 0. The molecule has 1 aromatic carbocycles. The zero-order chi connectivity index (χ0) is 11.1. The van der Waals surface area contributed by atoms with E-state index in [4.69, 9.17) is 0 Å². The van der Waals surface area contributed by atoms with Crippen LogP contribution >= 0.6 is 0 Å². The highest BCUT2D eigenvalue weighted by atomic mass is 16.1. The third-order valence-electron chi connectivity index (χ3n) is 3.65. The molecular weight excluding hydrogens is 184 g/mol. The SMILES string of the molecule is CCCC1C(=O)c2ccccc2C1(C)C. The molecule has 1 nitrogen and oxygen atoms in total. The first-order valence-corrected chi connectivity index (χ1v) is 5.72. The van der Waals surface area contributed by atoms with Crippen LogP contribution in [0.4, 0.5) is 0 Å². The summed E-state index contributed by atoms with van der Waals surface area (Å²) in [6.07, 6.45) is 2.08. The van der Waals surface area contributed by atoms with Crippen LogP contribution in [-0.2, 0) is 5.41 Å². The van der Waals surface area contributed by atoms with Gasteiger partial charge in [-0.05, 0) is 12.0 Å². The van der Waals surface area contributed by atoms with Gasteiger partial charge in [-0.25, -0.2) is 0 Å². The van der Waals surface area contributed by atoms with Crippen LogP contribution in [0.3, 0.4) is 0 Å². The van der Waals surface area contributed by atoms with Gasteiger partial charge in [-0.1, -0.05) is 51.5 Å². The maximum Gasteiger partial charge on any atom is 0.167 e. The first-order valence-electron chi connectivity index (χ1n) is 5.72. The van der Waals surface area contributed by atoms with Gasteiger partial charge in [0, 0.05) is 16.9 Å². The Morgan fingerprint density at radius 1 is 1.27 bits per heavy atom. The summed E-state index contributed by atoms with van der Waals surface area (Å²) in [5.74, 6) is 0.525. The standard InChI is InChI=1S/C14H18O/c1-4-7-12-13(15)10-8-5-6-9-11(10)14(12,2)3/h5-6,8-9,12H,4,7H2,1-3H3. The predicted octanol–water partition coefficient (Wildman–Crippen LogP) is 3.58. The highest BCUT2D eigenvalue weighted by Gasteiger charge is 2.44. The lowest BCUT2D eigenvalue weighted by atomic mass is 9.76. The first kappa shape index (κ1) is 10.4. The molecule has 0 aromatic heterocycles. The van der Waals surface area contributed by atoms with Gasteiger partial charge in [0.15, 0.2) is 5.78 Å². The molecule has 1 aromatic rings. The number of hydrogen-bond donors (Lipinski definition) is 0. The third kappa shape index (κ3) is 1.41. The molecule has 1 unspecified atom stereocenters. The van der Waals surface area contributed by atoms with E-state index < -0.39 is 0 Å². The first-order chi connectivity index (χ1) is 7.09. The Hall–Kier alpha value is -1.11. The van der Waals surface area contributed by atoms with E-state index >= 15 is 0 Å². The fourth-order valence-corrected chi connectivity index (χ4v) is 2.74. The third-order valence-corrected chi connectivity index (χ3v) is 3.65. The Balaban J connectivity index is 2.50. The number of Topliss-reactive ketones (excluding diaryl/α,β-unsaturated/α-hetero) is 1. The second-order valence-corrected chi connectivity index (χ2v) is 4.97. The minimum Gasteiger partial charge on any atom is -0.294 e. The van der Waals surface area contributed by atoms with Crippen LogP contribution in [0.5, 0.6) is 0 Å². The molecule has 80 valence electrons. The zero-order valence-electron chi connectivity index (χ0n) is 9.71. The lowest BCUT2D eigenvalue weighted by Crippen LogP contribution is -2.26. The molecule has 0 bridgehead atoms. The number of fused-ring (bicyclic) bond motifs is 1. The molecule has 1 atom stereocenters. The molecule has 1 aliphatic rings. The van der Waals surface area contributed by atoms with Crippen molar-refractivity contribution >= 4 is 5.78 Å². The van der Waals surface area contributed by atoms with Crippen molar-refractivity contribution in [1.82, 2.24) is 0 Å². The zero-order valence-corrected chi connectivity index (χ0v) is 9.71. The smallest absolute Gasteiger partial charge is 0.167 e. The molecule has 0 saturated carbocycles. The molecule has 15 heavy (non-hydrogen) atoms. The molecule has 0 fully saturated rings. The molecule has 0 amide bonds. The van der Waals surface area contributed by atoms with Crippen LogP contribution in [0.15, 0.2) is 24.3 Å². The Bertz CT molecular complexity index is 390. The number of rotatable bonds is 2. The van der Waals surface area contributed by atoms with Crippen molar-refractivity contribution in [3.8, 4) is 0 Å². The molecule has 0 saturated heterocycles. The summed E-state index contributed by atoms with van der Waals surface area (Å²) in [6.45, 7) is 6.53. The Labute approximate surface area is 91.5 Å². The van der Waals surface area contributed by atoms with Crippen molar-refractivity contribution in [3.63, 3.8) is 0 Å². The summed E-state index contributed by atoms with van der Waals surface area (Å²) in [6, 6.07) is 8.06. The van der Waals surface area contributed by atoms with Crippen molar-refractivity contribution < 1.29 is 4.79 Å². The minimum atomic E-state index is 0.0175. The van der Waals surface area contributed by atoms with Crippen LogP contribution in [-0.4, -0.2) is 5.78 Å². The topological polar surface area (TPSA) is 17.1 Å². The van der Waals surface area contributed by atoms with Crippen molar-refractivity contribution in [2.24, 2.45) is 5.92 Å². The summed E-state index contributed by atoms with van der Waals surface area (Å²) >= 11 is 0. The van der Waals surface area contributed by atoms with Gasteiger partial charge in [-0.15, -0.1) is 0 Å². The number of ketones is 1. The van der Waals surface area contributed by atoms with E-state index in [0.29, 0.717) is 5.78 Å². The van der Waals surface area contributed by atoms with Crippen molar-refractivity contribution in [2.45, 2.75) is 39.0 Å². The Morgan fingerprint density at radius 3 is 2.53 bits per heavy atom. The summed E-state index contributed by atoms with van der Waals surface area (Å²) in [4.78, 5) is 12.2. The minimum absolute atomic E-state index is 0.0175. The highest BCUT2D eigenvalue weighted by molar-refractivity contribution is 6.03. The molecule has 0 radical (unpaired) electrons. The summed E-state index contributed by atoms with van der Waals surface area (Å²) in [5, 5.41) is 0. The van der Waals surface area contributed by atoms with E-state index in [9.17, 15) is 4.79 Å². The number of hydrogen-bond acceptors (Lipinski definition) is 1. The van der Waals surface area contributed by atoms with E-state index in [0.717, 1.165) is 18.4 Å². The monoisotopic (exact) mass is 202 g/mol. The van der Waals surface area contributed by atoms with Crippen LogP contribution < -0.4 is 0 Å². The summed E-state index contributed by atoms with van der Waals surface area (Å²) in [5.41, 5.74) is 2.19. The van der Waals surface area contributed by atoms with Gasteiger partial charge in [0.1, 0.15) is 0 Å². The largest absolute Gasteiger partial charge is 0.294 e. The lowest BCUT2D eigenvalue weighted by Gasteiger charge is -2.26. The average molecular weight is 202 g/mol. The van der Waals surface area contributed by atoms with Gasteiger partial charge < -0.3 is 0 Å². The van der Waals surface area contributed by atoms with Crippen molar-refractivity contribution in [3.05, 3.63) is 35.4 Å². The highest BCUT2D eigenvalue weighted by Crippen LogP contribution is 2.44. The van der Waals surface area contributed by atoms with Gasteiger partial charge in [0.05, 0.1) is 0 Å². The molecule has 0 heterocycles. The average Bonchev–Trinajstić information content (AvgIpc) is 2.41. The van der Waals surface area contributed by atoms with Gasteiger partial charge in [-0.2, -0.15) is 0 Å². The second-order valence-electron chi connectivity index (χ2n) is 4.97. The van der Waals surface area contributed by atoms with Gasteiger partial charge >= 0.3 is 0 Å². The van der Waals surface area contributed by atoms with Crippen LogP contribution in [0.1, 0.15) is 49.5 Å². The quantitative estimate of drug-likeness (QED) is 0.716. The number of carbonyl (C=O) groups excluding carboxylic acids is 1. The Kier molecular flexibility index (Phi) is 2.41. The maximum absolute atomic E-state index is 12.2. The van der Waals surface area contributed by atoms with E-state index in [1.54, 1.807) is 0 Å². The van der Waals surface area contributed by atoms with E-state index in [1.807, 2.05) is 18.2 Å². The summed E-state index contributed by atoms with van der Waals surface area (Å²) < 4.78 is 0. The molecule has 0 spiro atoms. The molecule has 0 N–H and O–H groups in total. The van der Waals surface area contributed by atoms with Gasteiger partial charge in [0.2, 0.25) is 0 Å². The fraction of sp³-hybridized carbons (Fsp3) is 0.500. The van der Waals surface area contributed by atoms with Crippen molar-refractivity contribution in [2.75, 3.05) is 0 Å². The van der Waals surface area contributed by atoms with E-state index in [1.165, 1.54) is 5.56 Å². The van der Waals surface area contributed by atoms with Crippen molar-refractivity contribution in [1.29, 1.82) is 0 Å². The molecule has 1 aliphatic carbocycles. The lowest BCUT2D eigenvalue weighted by molar-refractivity contribution is 0.0888. The number of benzene rings is 1. The van der Waals surface area contributed by atoms with Crippen LogP contribution in [0.2, 0.25) is 0 Å². The molecule has 1 heteroatoms. The van der Waals surface area contributed by atoms with Crippen LogP contribution in [0, 0.1) is 5.92 Å². The molecular formula is C14H18O. The van der Waals surface area contributed by atoms with Gasteiger partial charge in [-0.3, -0.25) is 4.79 Å². The fourth-order valence-electron chi connectivity index (χ4n) is 2.74. The number of carbonyl (C=O) groups is 1. The maximum atomic E-state index is 12.2. The normalized spacial score (nSPS) is 22.9. The van der Waals surface area contributed by atoms with E-state index in [2.05, 4.69) is 26.8 Å². The second kappa shape index (κ2) is 3.48. The molecule has 0 aliphatic heterocycles. The van der Waals surface area contributed by atoms with E-state index in [-0.39, 0.29) is 11.3 Å². The molecule has 2 rings (SSSR count). The van der Waals surface area contributed by atoms with Crippen LogP contribution in [0.25, 0.3) is 0 Å². The van der Waals surface area contributed by atoms with Gasteiger partial charge in [0.25, 0.3) is 0 Å². The Morgan fingerprint density at radius 2 is 1.93 bits per heavy atom. The predicted molar refractivity (Wildman–Crippen MR) is 62.2 cm³/mol.